The second-order valence-corrected chi connectivity index (χ2v) is 6.67. The van der Waals surface area contributed by atoms with Crippen molar-refractivity contribution in [2.24, 2.45) is 0 Å². The standard InChI is InChI=1S/C15H19N3O5S/c1-16(12-4-2-3-5-13(12)18(22)23)9-14(19)17-6-7-24-10-11(17)8-15(20)21/h2-5,11H,6-10H2,1H3,(H,20,21). The molecule has 2 rings (SSSR count). The van der Waals surface area contributed by atoms with Gasteiger partial charge in [0.15, 0.2) is 0 Å². The molecule has 1 fully saturated rings. The lowest BCUT2D eigenvalue weighted by atomic mass is 10.2. The van der Waals surface area contributed by atoms with E-state index >= 15 is 0 Å². The molecule has 0 saturated carbocycles. The van der Waals surface area contributed by atoms with Crippen LogP contribution >= 0.6 is 11.8 Å². The second kappa shape index (κ2) is 8.00. The molecular formula is C15H19N3O5S. The first-order valence-electron chi connectivity index (χ1n) is 7.43. The second-order valence-electron chi connectivity index (χ2n) is 5.52. The molecule has 0 aromatic heterocycles. The zero-order chi connectivity index (χ0) is 17.7. The zero-order valence-corrected chi connectivity index (χ0v) is 14.1. The van der Waals surface area contributed by atoms with E-state index in [-0.39, 0.29) is 30.6 Å². The first-order valence-corrected chi connectivity index (χ1v) is 8.59. The molecule has 0 radical (unpaired) electrons. The molecule has 24 heavy (non-hydrogen) atoms. The van der Waals surface area contributed by atoms with Gasteiger partial charge in [0.1, 0.15) is 5.69 Å². The van der Waals surface area contributed by atoms with Crippen LogP contribution in [0.5, 0.6) is 0 Å². The van der Waals surface area contributed by atoms with Gasteiger partial charge in [-0.15, -0.1) is 0 Å². The van der Waals surface area contributed by atoms with Gasteiger partial charge in [0.2, 0.25) is 5.91 Å². The molecular weight excluding hydrogens is 334 g/mol. The Morgan fingerprint density at radius 1 is 1.46 bits per heavy atom. The van der Waals surface area contributed by atoms with Crippen LogP contribution in [-0.4, -0.2) is 64.5 Å². The Bertz CT molecular complexity index is 639. The number of hydrogen-bond acceptors (Lipinski definition) is 6. The summed E-state index contributed by atoms with van der Waals surface area (Å²) in [5.74, 6) is 0.194. The number of carbonyl (C=O) groups is 2. The fourth-order valence-electron chi connectivity index (χ4n) is 2.67. The summed E-state index contributed by atoms with van der Waals surface area (Å²) in [5.41, 5.74) is 0.293. The van der Waals surface area contributed by atoms with E-state index in [1.165, 1.54) is 11.0 Å². The van der Waals surface area contributed by atoms with E-state index in [0.717, 1.165) is 5.75 Å². The van der Waals surface area contributed by atoms with E-state index in [1.807, 2.05) is 0 Å². The number of nitro groups is 1. The molecule has 1 aromatic rings. The van der Waals surface area contributed by atoms with Crippen LogP contribution in [0.3, 0.4) is 0 Å². The Morgan fingerprint density at radius 3 is 2.83 bits per heavy atom. The van der Waals surface area contributed by atoms with Crippen molar-refractivity contribution in [2.75, 3.05) is 36.5 Å². The monoisotopic (exact) mass is 353 g/mol. The summed E-state index contributed by atoms with van der Waals surface area (Å²) in [7, 11) is 1.62. The third-order valence-corrected chi connectivity index (χ3v) is 4.91. The Kier molecular flexibility index (Phi) is 6.02. The van der Waals surface area contributed by atoms with Gasteiger partial charge in [-0.1, -0.05) is 12.1 Å². The number of aliphatic carboxylic acids is 1. The summed E-state index contributed by atoms with van der Waals surface area (Å²) in [4.78, 5) is 37.3. The average Bonchev–Trinajstić information content (AvgIpc) is 2.54. The Hall–Kier alpha value is -2.29. The summed E-state index contributed by atoms with van der Waals surface area (Å²) in [6.45, 7) is 0.456. The van der Waals surface area contributed by atoms with Gasteiger partial charge in [-0.25, -0.2) is 0 Å². The van der Waals surface area contributed by atoms with Gasteiger partial charge < -0.3 is 14.9 Å². The lowest BCUT2D eigenvalue weighted by Gasteiger charge is -2.35. The number of para-hydroxylation sites is 2. The lowest BCUT2D eigenvalue weighted by molar-refractivity contribution is -0.384. The molecule has 1 unspecified atom stereocenters. The van der Waals surface area contributed by atoms with Crippen molar-refractivity contribution >= 4 is 35.0 Å². The molecule has 1 aliphatic heterocycles. The minimum absolute atomic E-state index is 0.0361. The van der Waals surface area contributed by atoms with Gasteiger partial charge in [0, 0.05) is 31.2 Å². The number of rotatable bonds is 6. The van der Waals surface area contributed by atoms with E-state index in [2.05, 4.69) is 0 Å². The van der Waals surface area contributed by atoms with Crippen LogP contribution < -0.4 is 4.90 Å². The molecule has 0 aliphatic carbocycles. The van der Waals surface area contributed by atoms with Crippen LogP contribution in [0.2, 0.25) is 0 Å². The number of anilines is 1. The van der Waals surface area contributed by atoms with Gasteiger partial charge in [-0.3, -0.25) is 19.7 Å². The van der Waals surface area contributed by atoms with Crippen LogP contribution in [0.1, 0.15) is 6.42 Å². The van der Waals surface area contributed by atoms with Gasteiger partial charge in [0.05, 0.1) is 23.9 Å². The van der Waals surface area contributed by atoms with Crippen LogP contribution in [0.25, 0.3) is 0 Å². The normalized spacial score (nSPS) is 17.4. The molecule has 1 N–H and O–H groups in total. The summed E-state index contributed by atoms with van der Waals surface area (Å²) >= 11 is 1.63. The number of carboxylic acid groups (broad SMARTS) is 1. The first-order chi connectivity index (χ1) is 11.4. The van der Waals surface area contributed by atoms with E-state index in [4.69, 9.17) is 5.11 Å². The summed E-state index contributed by atoms with van der Waals surface area (Å²) in [6.07, 6.45) is -0.0893. The topological polar surface area (TPSA) is 104 Å². The highest BCUT2D eigenvalue weighted by Gasteiger charge is 2.30. The number of nitrogens with zero attached hydrogens (tertiary/aromatic N) is 3. The number of nitro benzene ring substituents is 1. The molecule has 1 atom stereocenters. The van der Waals surface area contributed by atoms with Crippen molar-refractivity contribution in [3.8, 4) is 0 Å². The average molecular weight is 353 g/mol. The smallest absolute Gasteiger partial charge is 0.305 e. The molecule has 130 valence electrons. The number of thioether (sulfide) groups is 1. The highest BCUT2D eigenvalue weighted by atomic mass is 32.2. The van der Waals surface area contributed by atoms with Gasteiger partial charge >= 0.3 is 5.97 Å². The van der Waals surface area contributed by atoms with Crippen LogP contribution in [0.4, 0.5) is 11.4 Å². The number of amides is 1. The fourth-order valence-corrected chi connectivity index (χ4v) is 3.74. The maximum atomic E-state index is 12.6. The Balaban J connectivity index is 2.10. The van der Waals surface area contributed by atoms with Crippen LogP contribution in [0, 0.1) is 10.1 Å². The van der Waals surface area contributed by atoms with Crippen molar-refractivity contribution < 1.29 is 19.6 Å². The molecule has 8 nitrogen and oxygen atoms in total. The van der Waals surface area contributed by atoms with Crippen LogP contribution in [0.15, 0.2) is 24.3 Å². The van der Waals surface area contributed by atoms with E-state index in [0.29, 0.717) is 18.0 Å². The quantitative estimate of drug-likeness (QED) is 0.610. The molecule has 1 saturated heterocycles. The van der Waals surface area contributed by atoms with E-state index in [9.17, 15) is 19.7 Å². The third-order valence-electron chi connectivity index (χ3n) is 3.82. The van der Waals surface area contributed by atoms with Crippen molar-refractivity contribution in [1.82, 2.24) is 4.90 Å². The van der Waals surface area contributed by atoms with Crippen molar-refractivity contribution in [3.05, 3.63) is 34.4 Å². The highest BCUT2D eigenvalue weighted by molar-refractivity contribution is 7.99. The molecule has 0 spiro atoms. The number of likely N-dealkylation sites (N-methyl/N-ethyl adjacent to an activating group) is 1. The predicted molar refractivity (Wildman–Crippen MR) is 91.4 cm³/mol. The predicted octanol–water partition coefficient (Wildman–Crippen LogP) is 1.45. The minimum Gasteiger partial charge on any atom is -0.481 e. The summed E-state index contributed by atoms with van der Waals surface area (Å²) in [5, 5.41) is 20.1. The maximum absolute atomic E-state index is 12.6. The SMILES string of the molecule is CN(CC(=O)N1CCSCC1CC(=O)O)c1ccccc1[N+](=O)[O-]. The van der Waals surface area contributed by atoms with Gasteiger partial charge in [-0.2, -0.15) is 11.8 Å². The number of carboxylic acids is 1. The van der Waals surface area contributed by atoms with Crippen molar-refractivity contribution in [2.45, 2.75) is 12.5 Å². The number of carbonyl (C=O) groups excluding carboxylic acids is 1. The highest BCUT2D eigenvalue weighted by Crippen LogP contribution is 2.27. The Labute approximate surface area is 143 Å². The molecule has 1 heterocycles. The molecule has 9 heteroatoms. The zero-order valence-electron chi connectivity index (χ0n) is 13.3. The maximum Gasteiger partial charge on any atom is 0.305 e. The Morgan fingerprint density at radius 2 is 2.17 bits per heavy atom. The molecule has 1 aromatic carbocycles. The summed E-state index contributed by atoms with van der Waals surface area (Å²) in [6, 6.07) is 5.89. The largest absolute Gasteiger partial charge is 0.481 e. The third kappa shape index (κ3) is 4.38. The van der Waals surface area contributed by atoms with Gasteiger partial charge in [0.25, 0.3) is 5.69 Å². The number of benzene rings is 1. The lowest BCUT2D eigenvalue weighted by Crippen LogP contribution is -2.50. The van der Waals surface area contributed by atoms with Gasteiger partial charge in [-0.05, 0) is 6.07 Å². The molecule has 1 amide bonds. The molecule has 0 bridgehead atoms. The van der Waals surface area contributed by atoms with Crippen molar-refractivity contribution in [3.63, 3.8) is 0 Å². The van der Waals surface area contributed by atoms with Crippen molar-refractivity contribution in [1.29, 1.82) is 0 Å². The minimum atomic E-state index is -0.938. The van der Waals surface area contributed by atoms with E-state index in [1.54, 1.807) is 41.9 Å². The molecule has 1 aliphatic rings. The fraction of sp³-hybridized carbons (Fsp3) is 0.467. The van der Waals surface area contributed by atoms with E-state index < -0.39 is 10.9 Å². The first kappa shape index (κ1) is 18.1. The summed E-state index contributed by atoms with van der Waals surface area (Å²) < 4.78 is 0. The number of hydrogen-bond donors (Lipinski definition) is 1. The van der Waals surface area contributed by atoms with Crippen LogP contribution in [-0.2, 0) is 9.59 Å².